The summed E-state index contributed by atoms with van der Waals surface area (Å²) in [5.74, 6) is 1.63. The zero-order chi connectivity index (χ0) is 18.1. The molecule has 0 bridgehead atoms. The van der Waals surface area contributed by atoms with Gasteiger partial charge in [0.1, 0.15) is 6.04 Å². The van der Waals surface area contributed by atoms with E-state index in [-0.39, 0.29) is 17.9 Å². The predicted octanol–water partition coefficient (Wildman–Crippen LogP) is 4.10. The molecular formula is C19H22N4O2S. The second-order valence-electron chi connectivity index (χ2n) is 6.97. The van der Waals surface area contributed by atoms with E-state index >= 15 is 0 Å². The summed E-state index contributed by atoms with van der Waals surface area (Å²) in [4.78, 5) is 23.8. The van der Waals surface area contributed by atoms with E-state index in [0.29, 0.717) is 24.6 Å². The maximum Gasteiger partial charge on any atom is 0.249 e. The lowest BCUT2D eigenvalue weighted by Crippen LogP contribution is -2.30. The average molecular weight is 370 g/mol. The number of fused-ring (bicyclic) bond motifs is 1. The average Bonchev–Trinajstić information content (AvgIpc) is 3.37. The Morgan fingerprint density at radius 1 is 1.35 bits per heavy atom. The third kappa shape index (κ3) is 3.35. The minimum Gasteiger partial charge on any atom is -0.337 e. The van der Waals surface area contributed by atoms with Crippen molar-refractivity contribution in [1.29, 1.82) is 0 Å². The van der Waals surface area contributed by atoms with Gasteiger partial charge in [0.15, 0.2) is 5.82 Å². The smallest absolute Gasteiger partial charge is 0.249 e. The van der Waals surface area contributed by atoms with Crippen LogP contribution in [0, 0.1) is 0 Å². The quantitative estimate of drug-likeness (QED) is 0.676. The van der Waals surface area contributed by atoms with Gasteiger partial charge in [0.2, 0.25) is 11.8 Å². The van der Waals surface area contributed by atoms with E-state index in [0.717, 1.165) is 29.9 Å². The molecule has 1 aromatic carbocycles. The van der Waals surface area contributed by atoms with Gasteiger partial charge in [0, 0.05) is 25.3 Å². The Balaban J connectivity index is 1.42. The summed E-state index contributed by atoms with van der Waals surface area (Å²) < 4.78 is 6.60. The zero-order valence-electron chi connectivity index (χ0n) is 15.0. The van der Waals surface area contributed by atoms with E-state index in [1.54, 1.807) is 11.3 Å². The Hall–Kier alpha value is -2.28. The van der Waals surface area contributed by atoms with Gasteiger partial charge in [-0.1, -0.05) is 31.1 Å². The number of aryl methyl sites for hydroxylation is 1. The molecular weight excluding hydrogens is 348 g/mol. The Labute approximate surface area is 156 Å². The Bertz CT molecular complexity index is 884. The second kappa shape index (κ2) is 7.15. The summed E-state index contributed by atoms with van der Waals surface area (Å²) in [6.07, 6.45) is 2.98. The Morgan fingerprint density at radius 2 is 2.19 bits per heavy atom. The molecule has 1 fully saturated rings. The summed E-state index contributed by atoms with van der Waals surface area (Å²) in [6.45, 7) is 4.82. The van der Waals surface area contributed by atoms with Crippen LogP contribution in [0.5, 0.6) is 0 Å². The molecule has 6 nitrogen and oxygen atoms in total. The number of carbonyl (C=O) groups excluding carboxylic acids is 1. The van der Waals surface area contributed by atoms with Gasteiger partial charge in [-0.3, -0.25) is 4.79 Å². The first-order valence-electron chi connectivity index (χ1n) is 9.09. The zero-order valence-corrected chi connectivity index (χ0v) is 15.8. The van der Waals surface area contributed by atoms with Crippen LogP contribution >= 0.6 is 11.3 Å². The van der Waals surface area contributed by atoms with Gasteiger partial charge >= 0.3 is 0 Å². The fourth-order valence-corrected chi connectivity index (χ4v) is 4.29. The first-order chi connectivity index (χ1) is 12.6. The van der Waals surface area contributed by atoms with Crippen LogP contribution in [0.4, 0.5) is 0 Å². The Morgan fingerprint density at radius 3 is 2.96 bits per heavy atom. The van der Waals surface area contributed by atoms with Crippen molar-refractivity contribution >= 4 is 27.5 Å². The van der Waals surface area contributed by atoms with Crippen LogP contribution in [0.1, 0.15) is 61.8 Å². The van der Waals surface area contributed by atoms with Crippen LogP contribution in [-0.4, -0.2) is 32.5 Å². The van der Waals surface area contributed by atoms with Crippen molar-refractivity contribution in [2.24, 2.45) is 0 Å². The number of nitrogens with zero attached hydrogens (tertiary/aromatic N) is 4. The Kier molecular flexibility index (Phi) is 4.72. The molecule has 1 amide bonds. The number of rotatable bonds is 5. The standard InChI is InChI=1S/C19H22N4O2S/c1-12(2)18-21-19(25-22-18)14-7-5-11-23(14)17(24)10-9-16-20-13-6-3-4-8-15(13)26-16/h3-4,6,8,12,14H,5,7,9-11H2,1-2H3. The number of carbonyl (C=O) groups is 1. The van der Waals surface area contributed by atoms with Gasteiger partial charge in [-0.15, -0.1) is 11.3 Å². The molecule has 7 heteroatoms. The number of para-hydroxylation sites is 1. The molecule has 136 valence electrons. The highest BCUT2D eigenvalue weighted by atomic mass is 32.1. The third-order valence-electron chi connectivity index (χ3n) is 4.72. The molecule has 3 aromatic rings. The SMILES string of the molecule is CC(C)c1noc(C2CCCN2C(=O)CCc2nc3ccccc3s2)n1. The lowest BCUT2D eigenvalue weighted by atomic mass is 10.2. The normalized spacial score (nSPS) is 17.5. The molecule has 1 unspecified atom stereocenters. The summed E-state index contributed by atoms with van der Waals surface area (Å²) in [7, 11) is 0. The van der Waals surface area contributed by atoms with E-state index in [1.807, 2.05) is 36.9 Å². The molecule has 0 radical (unpaired) electrons. The topological polar surface area (TPSA) is 72.1 Å². The van der Waals surface area contributed by atoms with E-state index < -0.39 is 0 Å². The van der Waals surface area contributed by atoms with Crippen molar-refractivity contribution in [3.05, 3.63) is 41.0 Å². The van der Waals surface area contributed by atoms with Crippen molar-refractivity contribution in [2.45, 2.75) is 51.5 Å². The molecule has 26 heavy (non-hydrogen) atoms. The molecule has 1 aliphatic rings. The summed E-state index contributed by atoms with van der Waals surface area (Å²) >= 11 is 1.66. The maximum atomic E-state index is 12.8. The summed E-state index contributed by atoms with van der Waals surface area (Å²) in [5.41, 5.74) is 1.01. The highest BCUT2D eigenvalue weighted by Gasteiger charge is 2.34. The van der Waals surface area contributed by atoms with Crippen LogP contribution in [0.3, 0.4) is 0 Å². The second-order valence-corrected chi connectivity index (χ2v) is 8.08. The number of hydrogen-bond acceptors (Lipinski definition) is 6. The highest BCUT2D eigenvalue weighted by molar-refractivity contribution is 7.18. The third-order valence-corrected chi connectivity index (χ3v) is 5.82. The molecule has 0 saturated carbocycles. The van der Waals surface area contributed by atoms with Crippen LogP contribution in [0.15, 0.2) is 28.8 Å². The van der Waals surface area contributed by atoms with Crippen LogP contribution in [-0.2, 0) is 11.2 Å². The number of likely N-dealkylation sites (tertiary alicyclic amines) is 1. The fraction of sp³-hybridized carbons (Fsp3) is 0.474. The van der Waals surface area contributed by atoms with Crippen molar-refractivity contribution in [2.75, 3.05) is 6.54 Å². The number of thiazole rings is 1. The van der Waals surface area contributed by atoms with Crippen LogP contribution < -0.4 is 0 Å². The van der Waals surface area contributed by atoms with Crippen molar-refractivity contribution in [3.63, 3.8) is 0 Å². The lowest BCUT2D eigenvalue weighted by Gasteiger charge is -2.21. The molecule has 2 aromatic heterocycles. The maximum absolute atomic E-state index is 12.8. The van der Waals surface area contributed by atoms with Gasteiger partial charge in [0.05, 0.1) is 15.2 Å². The van der Waals surface area contributed by atoms with Gasteiger partial charge < -0.3 is 9.42 Å². The van der Waals surface area contributed by atoms with Gasteiger partial charge in [-0.2, -0.15) is 4.98 Å². The van der Waals surface area contributed by atoms with E-state index in [9.17, 15) is 4.79 Å². The minimum atomic E-state index is -0.0853. The highest BCUT2D eigenvalue weighted by Crippen LogP contribution is 2.32. The number of amides is 1. The fourth-order valence-electron chi connectivity index (χ4n) is 3.32. The van der Waals surface area contributed by atoms with E-state index in [1.165, 1.54) is 4.70 Å². The molecule has 0 N–H and O–H groups in total. The monoisotopic (exact) mass is 370 g/mol. The first kappa shape index (κ1) is 17.1. The van der Waals surface area contributed by atoms with Gasteiger partial charge in [-0.25, -0.2) is 4.98 Å². The number of hydrogen-bond donors (Lipinski definition) is 0. The minimum absolute atomic E-state index is 0.0853. The van der Waals surface area contributed by atoms with Crippen molar-refractivity contribution in [3.8, 4) is 0 Å². The molecule has 0 spiro atoms. The van der Waals surface area contributed by atoms with Crippen molar-refractivity contribution < 1.29 is 9.32 Å². The largest absolute Gasteiger partial charge is 0.337 e. The summed E-state index contributed by atoms with van der Waals surface area (Å²) in [6, 6.07) is 7.99. The lowest BCUT2D eigenvalue weighted by molar-refractivity contribution is -0.132. The molecule has 1 aliphatic heterocycles. The predicted molar refractivity (Wildman–Crippen MR) is 100 cm³/mol. The van der Waals surface area contributed by atoms with Crippen LogP contribution in [0.2, 0.25) is 0 Å². The molecule has 3 heterocycles. The number of aromatic nitrogens is 3. The van der Waals surface area contributed by atoms with Gasteiger partial charge in [-0.05, 0) is 25.0 Å². The molecule has 1 saturated heterocycles. The number of benzene rings is 1. The van der Waals surface area contributed by atoms with Gasteiger partial charge in [0.25, 0.3) is 0 Å². The summed E-state index contributed by atoms with van der Waals surface area (Å²) in [5, 5.41) is 5.05. The van der Waals surface area contributed by atoms with Crippen molar-refractivity contribution in [1.82, 2.24) is 20.0 Å². The van der Waals surface area contributed by atoms with Crippen LogP contribution in [0.25, 0.3) is 10.2 Å². The molecule has 1 atom stereocenters. The molecule has 0 aliphatic carbocycles. The van der Waals surface area contributed by atoms with E-state index in [4.69, 9.17) is 4.52 Å². The first-order valence-corrected chi connectivity index (χ1v) is 9.91. The molecule has 4 rings (SSSR count). The van der Waals surface area contributed by atoms with E-state index in [2.05, 4.69) is 21.2 Å².